The van der Waals surface area contributed by atoms with Crippen molar-refractivity contribution in [3.63, 3.8) is 0 Å². The largest absolute Gasteiger partial charge is 0.339 e. The molecule has 2 rings (SSSR count). The van der Waals surface area contributed by atoms with Crippen LogP contribution in [0.2, 0.25) is 5.02 Å². The number of nitrogens with two attached hydrogens (primary N) is 1. The lowest BCUT2D eigenvalue weighted by atomic mass is 10.2. The van der Waals surface area contributed by atoms with Crippen LogP contribution in [0, 0.1) is 0 Å². The van der Waals surface area contributed by atoms with E-state index >= 15 is 0 Å². The van der Waals surface area contributed by atoms with E-state index in [-0.39, 0.29) is 6.04 Å². The number of hydrogen-bond acceptors (Lipinski definition) is 5. The third kappa shape index (κ3) is 4.86. The first kappa shape index (κ1) is 14.4. The molecule has 0 aliphatic heterocycles. The summed E-state index contributed by atoms with van der Waals surface area (Å²) in [6.07, 6.45) is 1.59. The van der Waals surface area contributed by atoms with E-state index in [1.165, 1.54) is 0 Å². The molecule has 1 aromatic heterocycles. The SMILES string of the molecule is CC(N)CCc1nc(CSc2ccc(Cl)cc2)no1. The Morgan fingerprint density at radius 1 is 1.37 bits per heavy atom. The van der Waals surface area contributed by atoms with E-state index in [9.17, 15) is 0 Å². The molecule has 4 nitrogen and oxygen atoms in total. The van der Waals surface area contributed by atoms with E-state index in [0.29, 0.717) is 17.5 Å². The lowest BCUT2D eigenvalue weighted by molar-refractivity contribution is 0.368. The molecule has 0 spiro atoms. The maximum atomic E-state index is 5.83. The molecule has 1 heterocycles. The van der Waals surface area contributed by atoms with E-state index in [2.05, 4.69) is 10.1 Å². The fourth-order valence-corrected chi connectivity index (χ4v) is 2.35. The van der Waals surface area contributed by atoms with Crippen LogP contribution in [0.4, 0.5) is 0 Å². The van der Waals surface area contributed by atoms with Crippen molar-refractivity contribution in [2.45, 2.75) is 36.5 Å². The summed E-state index contributed by atoms with van der Waals surface area (Å²) in [7, 11) is 0. The molecule has 2 N–H and O–H groups in total. The zero-order chi connectivity index (χ0) is 13.7. The average Bonchev–Trinajstić information content (AvgIpc) is 2.84. The Morgan fingerprint density at radius 2 is 2.11 bits per heavy atom. The van der Waals surface area contributed by atoms with Gasteiger partial charge in [0.2, 0.25) is 5.89 Å². The maximum absolute atomic E-state index is 5.83. The standard InChI is InChI=1S/C13H16ClN3OS/c1-9(15)2-7-13-16-12(17-18-13)8-19-11-5-3-10(14)4-6-11/h3-6,9H,2,7-8,15H2,1H3. The lowest BCUT2D eigenvalue weighted by Crippen LogP contribution is -2.15. The van der Waals surface area contributed by atoms with Crippen molar-refractivity contribution >= 4 is 23.4 Å². The lowest BCUT2D eigenvalue weighted by Gasteiger charge is -1.99. The summed E-state index contributed by atoms with van der Waals surface area (Å²) in [4.78, 5) is 5.47. The molecule has 1 aromatic carbocycles. The number of thioether (sulfide) groups is 1. The highest BCUT2D eigenvalue weighted by Crippen LogP contribution is 2.23. The van der Waals surface area contributed by atoms with Crippen molar-refractivity contribution < 1.29 is 4.52 Å². The molecule has 0 saturated heterocycles. The Hall–Kier alpha value is -1.04. The second-order valence-electron chi connectivity index (χ2n) is 4.36. The van der Waals surface area contributed by atoms with Crippen LogP contribution in [-0.2, 0) is 12.2 Å². The van der Waals surface area contributed by atoms with Crippen molar-refractivity contribution in [2.24, 2.45) is 5.73 Å². The highest BCUT2D eigenvalue weighted by Gasteiger charge is 2.07. The zero-order valence-corrected chi connectivity index (χ0v) is 12.2. The number of benzene rings is 1. The Kier molecular flexibility index (Phi) is 5.24. The van der Waals surface area contributed by atoms with Gasteiger partial charge in [0.25, 0.3) is 0 Å². The van der Waals surface area contributed by atoms with Gasteiger partial charge >= 0.3 is 0 Å². The summed E-state index contributed by atoms with van der Waals surface area (Å²) in [6.45, 7) is 1.97. The molecular weight excluding hydrogens is 282 g/mol. The van der Waals surface area contributed by atoms with E-state index in [1.54, 1.807) is 11.8 Å². The van der Waals surface area contributed by atoms with E-state index in [0.717, 1.165) is 22.8 Å². The Morgan fingerprint density at radius 3 is 2.79 bits per heavy atom. The van der Waals surface area contributed by atoms with Gasteiger partial charge in [-0.05, 0) is 37.6 Å². The van der Waals surface area contributed by atoms with Gasteiger partial charge in [-0.1, -0.05) is 16.8 Å². The van der Waals surface area contributed by atoms with Gasteiger partial charge in [0.1, 0.15) is 0 Å². The van der Waals surface area contributed by atoms with Gasteiger partial charge in [0.15, 0.2) is 5.82 Å². The molecule has 0 aliphatic carbocycles. The second kappa shape index (κ2) is 6.93. The molecule has 0 fully saturated rings. The second-order valence-corrected chi connectivity index (χ2v) is 5.85. The van der Waals surface area contributed by atoms with Crippen LogP contribution in [0.3, 0.4) is 0 Å². The molecule has 0 bridgehead atoms. The van der Waals surface area contributed by atoms with Crippen LogP contribution in [-0.4, -0.2) is 16.2 Å². The third-order valence-electron chi connectivity index (χ3n) is 2.51. The van der Waals surface area contributed by atoms with Crippen molar-refractivity contribution in [3.05, 3.63) is 41.0 Å². The van der Waals surface area contributed by atoms with Gasteiger partial charge in [-0.3, -0.25) is 0 Å². The van der Waals surface area contributed by atoms with Crippen molar-refractivity contribution in [2.75, 3.05) is 0 Å². The molecule has 102 valence electrons. The van der Waals surface area contributed by atoms with E-state index in [4.69, 9.17) is 21.9 Å². The number of nitrogens with zero attached hydrogens (tertiary/aromatic N) is 2. The van der Waals surface area contributed by atoms with Gasteiger partial charge in [-0.2, -0.15) is 4.98 Å². The molecule has 6 heteroatoms. The fourth-order valence-electron chi connectivity index (χ4n) is 1.48. The highest BCUT2D eigenvalue weighted by atomic mass is 35.5. The van der Waals surface area contributed by atoms with Crippen molar-refractivity contribution in [1.29, 1.82) is 0 Å². The van der Waals surface area contributed by atoms with Gasteiger partial charge in [0.05, 0.1) is 5.75 Å². The monoisotopic (exact) mass is 297 g/mol. The molecule has 0 radical (unpaired) electrons. The number of aryl methyl sites for hydroxylation is 1. The molecular formula is C13H16ClN3OS. The average molecular weight is 298 g/mol. The number of hydrogen-bond donors (Lipinski definition) is 1. The summed E-state index contributed by atoms with van der Waals surface area (Å²) < 4.78 is 5.17. The van der Waals surface area contributed by atoms with Gasteiger partial charge < -0.3 is 10.3 Å². The minimum atomic E-state index is 0.152. The minimum absolute atomic E-state index is 0.152. The van der Waals surface area contributed by atoms with Gasteiger partial charge in [0, 0.05) is 22.4 Å². The predicted octanol–water partition coefficient (Wildman–Crippen LogP) is 3.30. The molecule has 1 atom stereocenters. The van der Waals surface area contributed by atoms with Crippen LogP contribution in [0.25, 0.3) is 0 Å². The van der Waals surface area contributed by atoms with Gasteiger partial charge in [-0.25, -0.2) is 0 Å². The Balaban J connectivity index is 1.84. The third-order valence-corrected chi connectivity index (χ3v) is 3.77. The zero-order valence-electron chi connectivity index (χ0n) is 10.7. The molecule has 19 heavy (non-hydrogen) atoms. The molecule has 0 saturated carbocycles. The van der Waals surface area contributed by atoms with Crippen LogP contribution in [0.15, 0.2) is 33.7 Å². The predicted molar refractivity (Wildman–Crippen MR) is 77.3 cm³/mol. The molecule has 1 unspecified atom stereocenters. The van der Waals surface area contributed by atoms with Crippen LogP contribution in [0.1, 0.15) is 25.1 Å². The molecule has 0 aliphatic rings. The van der Waals surface area contributed by atoms with Crippen LogP contribution >= 0.6 is 23.4 Å². The summed E-state index contributed by atoms with van der Waals surface area (Å²) in [5.41, 5.74) is 5.69. The number of rotatable bonds is 6. The quantitative estimate of drug-likeness (QED) is 0.829. The first-order valence-electron chi connectivity index (χ1n) is 6.09. The van der Waals surface area contributed by atoms with Crippen LogP contribution in [0.5, 0.6) is 0 Å². The van der Waals surface area contributed by atoms with E-state index in [1.807, 2.05) is 31.2 Å². The van der Waals surface area contributed by atoms with E-state index < -0.39 is 0 Å². The topological polar surface area (TPSA) is 64.9 Å². The van der Waals surface area contributed by atoms with Crippen molar-refractivity contribution in [3.8, 4) is 0 Å². The summed E-state index contributed by atoms with van der Waals surface area (Å²) >= 11 is 7.48. The summed E-state index contributed by atoms with van der Waals surface area (Å²) in [5, 5.41) is 4.69. The number of aromatic nitrogens is 2. The molecule has 0 amide bonds. The summed E-state index contributed by atoms with van der Waals surface area (Å²) in [5.74, 6) is 2.05. The maximum Gasteiger partial charge on any atom is 0.226 e. The number of halogens is 1. The minimum Gasteiger partial charge on any atom is -0.339 e. The first-order valence-corrected chi connectivity index (χ1v) is 7.45. The highest BCUT2D eigenvalue weighted by molar-refractivity contribution is 7.98. The normalized spacial score (nSPS) is 12.6. The molecule has 2 aromatic rings. The van der Waals surface area contributed by atoms with Crippen LogP contribution < -0.4 is 5.73 Å². The van der Waals surface area contributed by atoms with Gasteiger partial charge in [-0.15, -0.1) is 11.8 Å². The Bertz CT molecular complexity index is 513. The Labute approximate surface area is 121 Å². The summed E-state index contributed by atoms with van der Waals surface area (Å²) in [6, 6.07) is 7.84. The fraction of sp³-hybridized carbons (Fsp3) is 0.385. The first-order chi connectivity index (χ1) is 9.13. The smallest absolute Gasteiger partial charge is 0.226 e. The van der Waals surface area contributed by atoms with Crippen molar-refractivity contribution in [1.82, 2.24) is 10.1 Å².